The molecular formula is C17H19N7O6S. The van der Waals surface area contributed by atoms with Gasteiger partial charge in [-0.1, -0.05) is 18.2 Å². The fraction of sp³-hybridized carbons (Fsp3) is 0.235. The Hall–Kier alpha value is -4.07. The van der Waals surface area contributed by atoms with Gasteiger partial charge < -0.3 is 21.0 Å². The van der Waals surface area contributed by atoms with E-state index in [1.807, 2.05) is 36.6 Å². The number of anilines is 2. The SMILES string of the molecule is Cc1cc(NC(=NC2CC2)Nc2nccs2)c2ccccc2n1.O=[N+]([O-])O.O=[N+]([O-])O. The van der Waals surface area contributed by atoms with E-state index in [1.165, 1.54) is 0 Å². The lowest BCUT2D eigenvalue weighted by Crippen LogP contribution is -2.23. The summed E-state index contributed by atoms with van der Waals surface area (Å²) in [4.78, 5) is 30.3. The maximum absolute atomic E-state index is 8.36. The fourth-order valence-corrected chi connectivity index (χ4v) is 2.94. The Bertz CT molecular complexity index is 1040. The number of thiazole rings is 1. The molecule has 14 heteroatoms. The molecule has 13 nitrogen and oxygen atoms in total. The highest BCUT2D eigenvalue weighted by atomic mass is 32.1. The van der Waals surface area contributed by atoms with Crippen molar-refractivity contribution < 1.29 is 20.6 Å². The van der Waals surface area contributed by atoms with E-state index in [9.17, 15) is 0 Å². The second kappa shape index (κ2) is 11.2. The molecule has 1 aliphatic rings. The molecule has 2 heterocycles. The Morgan fingerprint density at radius 3 is 2.42 bits per heavy atom. The van der Waals surface area contributed by atoms with Crippen molar-refractivity contribution >= 4 is 39.0 Å². The molecule has 3 aromatic rings. The fourth-order valence-electron chi connectivity index (χ4n) is 2.41. The molecule has 4 N–H and O–H groups in total. The first kappa shape index (κ1) is 23.2. The lowest BCUT2D eigenvalue weighted by atomic mass is 10.1. The quantitative estimate of drug-likeness (QED) is 0.200. The van der Waals surface area contributed by atoms with Gasteiger partial charge in [-0.15, -0.1) is 31.6 Å². The van der Waals surface area contributed by atoms with Gasteiger partial charge in [0.25, 0.3) is 10.2 Å². The number of pyridine rings is 1. The zero-order chi connectivity index (χ0) is 22.8. The summed E-state index contributed by atoms with van der Waals surface area (Å²) in [5.74, 6) is 0.748. The first-order valence-corrected chi connectivity index (χ1v) is 9.67. The molecule has 1 saturated carbocycles. The third kappa shape index (κ3) is 8.86. The minimum absolute atomic E-state index is 0.416. The van der Waals surface area contributed by atoms with Crippen LogP contribution in [0.4, 0.5) is 10.8 Å². The maximum Gasteiger partial charge on any atom is 0.291 e. The molecule has 0 unspecified atom stereocenters. The second-order valence-corrected chi connectivity index (χ2v) is 6.99. The minimum atomic E-state index is -1.50. The van der Waals surface area contributed by atoms with Crippen LogP contribution in [0.3, 0.4) is 0 Å². The van der Waals surface area contributed by atoms with E-state index in [0.717, 1.165) is 46.2 Å². The molecule has 0 saturated heterocycles. The van der Waals surface area contributed by atoms with Crippen molar-refractivity contribution in [1.29, 1.82) is 0 Å². The van der Waals surface area contributed by atoms with Crippen LogP contribution < -0.4 is 10.6 Å². The molecule has 0 bridgehead atoms. The van der Waals surface area contributed by atoms with Crippen molar-refractivity contribution in [3.63, 3.8) is 0 Å². The van der Waals surface area contributed by atoms with E-state index in [2.05, 4.69) is 26.7 Å². The van der Waals surface area contributed by atoms with Crippen molar-refractivity contribution in [2.45, 2.75) is 25.8 Å². The molecule has 0 spiro atoms. The van der Waals surface area contributed by atoms with E-state index in [0.29, 0.717) is 6.04 Å². The number of aromatic nitrogens is 2. The van der Waals surface area contributed by atoms with E-state index < -0.39 is 10.2 Å². The van der Waals surface area contributed by atoms with Gasteiger partial charge in [0.1, 0.15) is 0 Å². The van der Waals surface area contributed by atoms with Crippen LogP contribution in [0.15, 0.2) is 46.9 Å². The van der Waals surface area contributed by atoms with E-state index in [1.54, 1.807) is 17.5 Å². The molecular weight excluding hydrogens is 430 g/mol. The molecule has 1 fully saturated rings. The van der Waals surface area contributed by atoms with Gasteiger partial charge in [-0.25, -0.2) is 9.98 Å². The monoisotopic (exact) mass is 449 g/mol. The highest BCUT2D eigenvalue weighted by Crippen LogP contribution is 2.26. The molecule has 0 radical (unpaired) electrons. The molecule has 0 amide bonds. The number of rotatable bonds is 3. The average molecular weight is 449 g/mol. The predicted molar refractivity (Wildman–Crippen MR) is 114 cm³/mol. The summed E-state index contributed by atoms with van der Waals surface area (Å²) in [5, 5.41) is 37.9. The van der Waals surface area contributed by atoms with E-state index >= 15 is 0 Å². The van der Waals surface area contributed by atoms with E-state index in [-0.39, 0.29) is 0 Å². The molecule has 164 valence electrons. The van der Waals surface area contributed by atoms with Crippen LogP contribution in [-0.2, 0) is 0 Å². The minimum Gasteiger partial charge on any atom is -0.328 e. The Labute approximate surface area is 179 Å². The number of nitrogens with zero attached hydrogens (tertiary/aromatic N) is 5. The lowest BCUT2D eigenvalue weighted by molar-refractivity contribution is -0.742. The van der Waals surface area contributed by atoms with Gasteiger partial charge >= 0.3 is 0 Å². The zero-order valence-corrected chi connectivity index (χ0v) is 17.0. The number of nitrogens with one attached hydrogen (secondary N) is 2. The van der Waals surface area contributed by atoms with Crippen molar-refractivity contribution in [2.24, 2.45) is 4.99 Å². The first-order valence-electron chi connectivity index (χ1n) is 8.79. The van der Waals surface area contributed by atoms with E-state index in [4.69, 9.17) is 35.6 Å². The van der Waals surface area contributed by atoms with Crippen LogP contribution in [0, 0.1) is 27.2 Å². The van der Waals surface area contributed by atoms with Gasteiger partial charge in [-0.05, 0) is 31.9 Å². The summed E-state index contributed by atoms with van der Waals surface area (Å²) in [6, 6.07) is 10.6. The number of fused-ring (bicyclic) bond motifs is 1. The van der Waals surface area contributed by atoms with Crippen molar-refractivity contribution in [1.82, 2.24) is 9.97 Å². The lowest BCUT2D eigenvalue weighted by Gasteiger charge is -2.13. The summed E-state index contributed by atoms with van der Waals surface area (Å²) < 4.78 is 0. The van der Waals surface area contributed by atoms with Gasteiger partial charge in [-0.3, -0.25) is 4.98 Å². The van der Waals surface area contributed by atoms with Crippen LogP contribution in [0.1, 0.15) is 18.5 Å². The van der Waals surface area contributed by atoms with Gasteiger partial charge in [0, 0.05) is 22.7 Å². The number of aryl methyl sites for hydroxylation is 1. The van der Waals surface area contributed by atoms with Crippen molar-refractivity contribution in [3.05, 3.63) is 67.8 Å². The third-order valence-corrected chi connectivity index (χ3v) is 4.30. The number of aliphatic imine (C=N–C) groups is 1. The predicted octanol–water partition coefficient (Wildman–Crippen LogP) is 3.35. The standard InChI is InChI=1S/C17H17N5S.2HNO3/c1-11-10-15(13-4-2-3-5-14(13)19-11)21-16(20-12-6-7-12)22-17-18-8-9-23-17;2*2-1(3)4/h2-5,8-10,12H,6-7H2,1H3,(H2,18,19,20,21,22);2*(H,2,3,4). The highest BCUT2D eigenvalue weighted by Gasteiger charge is 2.21. The molecule has 2 aromatic heterocycles. The molecule has 1 aliphatic carbocycles. The highest BCUT2D eigenvalue weighted by molar-refractivity contribution is 7.13. The summed E-state index contributed by atoms with van der Waals surface area (Å²) in [7, 11) is 0. The first-order chi connectivity index (χ1) is 14.7. The average Bonchev–Trinajstić information content (AvgIpc) is 3.33. The zero-order valence-electron chi connectivity index (χ0n) is 16.2. The van der Waals surface area contributed by atoms with Crippen LogP contribution in [0.5, 0.6) is 0 Å². The molecule has 4 rings (SSSR count). The van der Waals surface area contributed by atoms with Crippen LogP contribution in [-0.4, -0.2) is 42.6 Å². The Balaban J connectivity index is 0.000000370. The number of hydrogen-bond donors (Lipinski definition) is 4. The Kier molecular flexibility index (Phi) is 8.39. The van der Waals surface area contributed by atoms with Crippen LogP contribution in [0.2, 0.25) is 0 Å². The summed E-state index contributed by atoms with van der Waals surface area (Å²) >= 11 is 1.56. The summed E-state index contributed by atoms with van der Waals surface area (Å²) in [5.41, 5.74) is 2.97. The van der Waals surface area contributed by atoms with Crippen LogP contribution in [0.25, 0.3) is 10.9 Å². The molecule has 0 atom stereocenters. The maximum atomic E-state index is 8.36. The molecule has 1 aromatic carbocycles. The van der Waals surface area contributed by atoms with Crippen molar-refractivity contribution in [2.75, 3.05) is 10.6 Å². The Morgan fingerprint density at radius 2 is 1.84 bits per heavy atom. The topological polar surface area (TPSA) is 189 Å². The van der Waals surface area contributed by atoms with Gasteiger partial charge in [0.05, 0.1) is 17.2 Å². The van der Waals surface area contributed by atoms with Gasteiger partial charge in [0.15, 0.2) is 5.13 Å². The summed E-state index contributed by atoms with van der Waals surface area (Å²) in [6.07, 6.45) is 4.09. The van der Waals surface area contributed by atoms with Crippen molar-refractivity contribution in [3.8, 4) is 0 Å². The third-order valence-electron chi connectivity index (χ3n) is 3.61. The number of para-hydroxylation sites is 1. The molecule has 31 heavy (non-hydrogen) atoms. The normalized spacial score (nSPS) is 12.6. The molecule has 0 aliphatic heterocycles. The number of benzene rings is 1. The van der Waals surface area contributed by atoms with Gasteiger partial charge in [-0.2, -0.15) is 0 Å². The second-order valence-electron chi connectivity index (χ2n) is 6.10. The van der Waals surface area contributed by atoms with Crippen LogP contribution >= 0.6 is 11.3 Å². The Morgan fingerprint density at radius 1 is 1.19 bits per heavy atom. The summed E-state index contributed by atoms with van der Waals surface area (Å²) in [6.45, 7) is 2.00. The van der Waals surface area contributed by atoms with Gasteiger partial charge in [0.2, 0.25) is 5.96 Å². The number of hydrogen-bond acceptors (Lipinski definition) is 8. The smallest absolute Gasteiger partial charge is 0.291 e. The largest absolute Gasteiger partial charge is 0.328 e. The number of guanidine groups is 1.